The van der Waals surface area contributed by atoms with E-state index in [1.807, 2.05) is 31.6 Å². The zero-order valence-corrected chi connectivity index (χ0v) is 13.5. The monoisotopic (exact) mass is 280 g/mol. The predicted octanol–water partition coefficient (Wildman–Crippen LogP) is 2.10. The Kier molecular flexibility index (Phi) is 5.74. The highest BCUT2D eigenvalue weighted by molar-refractivity contribution is 5.82. The number of carbonyl (C=O) groups is 1. The lowest BCUT2D eigenvalue weighted by atomic mass is 9.87. The van der Waals surface area contributed by atoms with Gasteiger partial charge < -0.3 is 10.6 Å². The van der Waals surface area contributed by atoms with E-state index in [9.17, 15) is 4.79 Å². The van der Waals surface area contributed by atoms with Gasteiger partial charge in [0, 0.05) is 12.7 Å². The minimum absolute atomic E-state index is 0.0405. The number of rotatable bonds is 6. The smallest absolute Gasteiger partial charge is 0.237 e. The van der Waals surface area contributed by atoms with Crippen LogP contribution in [0.1, 0.15) is 52.8 Å². The Balaban J connectivity index is 2.69. The van der Waals surface area contributed by atoms with Crippen molar-refractivity contribution in [1.29, 1.82) is 0 Å². The van der Waals surface area contributed by atoms with E-state index in [-0.39, 0.29) is 23.4 Å². The number of nitrogens with zero attached hydrogens (tertiary/aromatic N) is 2. The van der Waals surface area contributed by atoms with Gasteiger partial charge in [-0.25, -0.2) is 0 Å². The molecule has 0 saturated carbocycles. The van der Waals surface area contributed by atoms with Crippen molar-refractivity contribution in [2.24, 2.45) is 5.41 Å². The molecule has 0 radical (unpaired) electrons. The molecule has 114 valence electrons. The molecule has 2 atom stereocenters. The lowest BCUT2D eigenvalue weighted by Crippen LogP contribution is -2.45. The van der Waals surface area contributed by atoms with Gasteiger partial charge in [0.25, 0.3) is 0 Å². The van der Waals surface area contributed by atoms with E-state index in [1.54, 1.807) is 6.20 Å². The molecule has 1 amide bonds. The van der Waals surface area contributed by atoms with E-state index in [2.05, 4.69) is 36.5 Å². The van der Waals surface area contributed by atoms with Crippen LogP contribution >= 0.6 is 0 Å². The molecule has 0 aliphatic heterocycles. The molecule has 2 unspecified atom stereocenters. The summed E-state index contributed by atoms with van der Waals surface area (Å²) in [6.07, 6.45) is 2.57. The maximum atomic E-state index is 12.4. The Morgan fingerprint density at radius 1 is 1.45 bits per heavy atom. The fraction of sp³-hybridized carbons (Fsp3) is 0.733. The Morgan fingerprint density at radius 3 is 2.60 bits per heavy atom. The van der Waals surface area contributed by atoms with E-state index in [1.165, 1.54) is 0 Å². The number of aromatic nitrogens is 2. The summed E-state index contributed by atoms with van der Waals surface area (Å²) in [5, 5.41) is 10.4. The van der Waals surface area contributed by atoms with Crippen molar-refractivity contribution in [3.05, 3.63) is 18.0 Å². The van der Waals surface area contributed by atoms with Crippen LogP contribution in [-0.4, -0.2) is 28.8 Å². The summed E-state index contributed by atoms with van der Waals surface area (Å²) in [6.45, 7) is 11.3. The van der Waals surface area contributed by atoms with Crippen molar-refractivity contribution in [3.8, 4) is 0 Å². The molecular weight excluding hydrogens is 252 g/mol. The van der Waals surface area contributed by atoms with Crippen LogP contribution in [0.5, 0.6) is 0 Å². The van der Waals surface area contributed by atoms with E-state index >= 15 is 0 Å². The third-order valence-electron chi connectivity index (χ3n) is 3.33. The summed E-state index contributed by atoms with van der Waals surface area (Å²) in [5.41, 5.74) is 1.14. The normalized spacial score (nSPS) is 14.9. The minimum Gasteiger partial charge on any atom is -0.347 e. The van der Waals surface area contributed by atoms with Crippen molar-refractivity contribution in [1.82, 2.24) is 20.4 Å². The molecule has 5 nitrogen and oxygen atoms in total. The SMILES string of the molecule is CCn1nccc1C(C)NC(=O)C(CC(C)(C)C)NC. The average molecular weight is 280 g/mol. The zero-order chi connectivity index (χ0) is 15.3. The topological polar surface area (TPSA) is 59.0 Å². The molecule has 0 aliphatic rings. The van der Waals surface area contributed by atoms with Crippen molar-refractivity contribution in [2.75, 3.05) is 7.05 Å². The number of hydrogen-bond acceptors (Lipinski definition) is 3. The number of amides is 1. The van der Waals surface area contributed by atoms with E-state index in [0.29, 0.717) is 0 Å². The molecule has 20 heavy (non-hydrogen) atoms. The van der Waals surface area contributed by atoms with Crippen molar-refractivity contribution in [3.63, 3.8) is 0 Å². The molecule has 0 bridgehead atoms. The summed E-state index contributed by atoms with van der Waals surface area (Å²) < 4.78 is 1.91. The Labute approximate surface area is 122 Å². The first-order valence-corrected chi connectivity index (χ1v) is 7.28. The summed E-state index contributed by atoms with van der Waals surface area (Å²) >= 11 is 0. The van der Waals surface area contributed by atoms with Gasteiger partial charge in [-0.1, -0.05) is 20.8 Å². The summed E-state index contributed by atoms with van der Waals surface area (Å²) in [4.78, 5) is 12.4. The number of aryl methyl sites for hydroxylation is 1. The highest BCUT2D eigenvalue weighted by atomic mass is 16.2. The lowest BCUT2D eigenvalue weighted by molar-refractivity contribution is -0.124. The highest BCUT2D eigenvalue weighted by Crippen LogP contribution is 2.21. The van der Waals surface area contributed by atoms with Gasteiger partial charge in [0.2, 0.25) is 5.91 Å². The molecular formula is C15H28N4O. The maximum absolute atomic E-state index is 12.4. The number of nitrogens with one attached hydrogen (secondary N) is 2. The van der Waals surface area contributed by atoms with Gasteiger partial charge >= 0.3 is 0 Å². The van der Waals surface area contributed by atoms with Gasteiger partial charge in [-0.2, -0.15) is 5.10 Å². The van der Waals surface area contributed by atoms with E-state index in [4.69, 9.17) is 0 Å². The van der Waals surface area contributed by atoms with Crippen LogP contribution in [-0.2, 0) is 11.3 Å². The molecule has 5 heteroatoms. The number of hydrogen-bond donors (Lipinski definition) is 2. The molecule has 1 heterocycles. The van der Waals surface area contributed by atoms with Gasteiger partial charge in [0.15, 0.2) is 0 Å². The lowest BCUT2D eigenvalue weighted by Gasteiger charge is -2.26. The van der Waals surface area contributed by atoms with Gasteiger partial charge in [-0.05, 0) is 38.8 Å². The van der Waals surface area contributed by atoms with Gasteiger partial charge in [-0.3, -0.25) is 9.48 Å². The maximum Gasteiger partial charge on any atom is 0.237 e. The second-order valence-electron chi connectivity index (χ2n) is 6.41. The first kappa shape index (κ1) is 16.7. The van der Waals surface area contributed by atoms with Crippen molar-refractivity contribution >= 4 is 5.91 Å². The van der Waals surface area contributed by atoms with Crippen LogP contribution in [0.15, 0.2) is 12.3 Å². The molecule has 1 aromatic rings. The molecule has 0 aliphatic carbocycles. The van der Waals surface area contributed by atoms with Crippen LogP contribution in [0.3, 0.4) is 0 Å². The van der Waals surface area contributed by atoms with Crippen LogP contribution < -0.4 is 10.6 Å². The molecule has 2 N–H and O–H groups in total. The minimum atomic E-state index is -0.171. The first-order chi connectivity index (χ1) is 9.28. The highest BCUT2D eigenvalue weighted by Gasteiger charge is 2.25. The Morgan fingerprint density at radius 2 is 2.10 bits per heavy atom. The third-order valence-corrected chi connectivity index (χ3v) is 3.33. The van der Waals surface area contributed by atoms with Crippen LogP contribution in [0.2, 0.25) is 0 Å². The Bertz CT molecular complexity index is 433. The first-order valence-electron chi connectivity index (χ1n) is 7.28. The zero-order valence-electron chi connectivity index (χ0n) is 13.5. The molecule has 0 fully saturated rings. The quantitative estimate of drug-likeness (QED) is 0.839. The molecule has 0 aromatic carbocycles. The number of carbonyl (C=O) groups excluding carboxylic acids is 1. The standard InChI is InChI=1S/C15H28N4O/c1-7-19-13(8-9-17-19)11(2)18-14(20)12(16-6)10-15(3,4)5/h8-9,11-12,16H,7,10H2,1-6H3,(H,18,20). The van der Waals surface area contributed by atoms with E-state index < -0.39 is 0 Å². The van der Waals surface area contributed by atoms with Crippen molar-refractivity contribution < 1.29 is 4.79 Å². The van der Waals surface area contributed by atoms with Crippen LogP contribution in [0, 0.1) is 5.41 Å². The molecule has 0 spiro atoms. The summed E-state index contributed by atoms with van der Waals surface area (Å²) in [7, 11) is 1.83. The second-order valence-corrected chi connectivity index (χ2v) is 6.41. The average Bonchev–Trinajstić information content (AvgIpc) is 2.82. The number of likely N-dealkylation sites (N-methyl/N-ethyl adjacent to an activating group) is 1. The third kappa shape index (κ3) is 4.63. The van der Waals surface area contributed by atoms with Gasteiger partial charge in [0.05, 0.1) is 17.8 Å². The molecule has 0 saturated heterocycles. The summed E-state index contributed by atoms with van der Waals surface area (Å²) in [6, 6.07) is 1.74. The van der Waals surface area contributed by atoms with Gasteiger partial charge in [-0.15, -0.1) is 0 Å². The fourth-order valence-electron chi connectivity index (χ4n) is 2.30. The Hall–Kier alpha value is -1.36. The molecule has 1 aromatic heterocycles. The largest absolute Gasteiger partial charge is 0.347 e. The fourth-order valence-corrected chi connectivity index (χ4v) is 2.30. The van der Waals surface area contributed by atoms with Gasteiger partial charge in [0.1, 0.15) is 0 Å². The summed E-state index contributed by atoms with van der Waals surface area (Å²) in [5.74, 6) is 0.0405. The van der Waals surface area contributed by atoms with Crippen LogP contribution in [0.25, 0.3) is 0 Å². The second kappa shape index (κ2) is 6.88. The van der Waals surface area contributed by atoms with Crippen LogP contribution in [0.4, 0.5) is 0 Å². The molecule has 1 rings (SSSR count). The predicted molar refractivity (Wildman–Crippen MR) is 81.4 cm³/mol. The van der Waals surface area contributed by atoms with E-state index in [0.717, 1.165) is 18.7 Å². The van der Waals surface area contributed by atoms with Crippen molar-refractivity contribution in [2.45, 2.75) is 59.7 Å².